The molecule has 3 fully saturated rings. The van der Waals surface area contributed by atoms with Gasteiger partial charge in [0.25, 0.3) is 0 Å². The summed E-state index contributed by atoms with van der Waals surface area (Å²) in [6.07, 6.45) is 7.80. The number of amides is 1. The molecular formula is C13H21NO. The van der Waals surface area contributed by atoms with Gasteiger partial charge in [0.1, 0.15) is 0 Å². The fourth-order valence-corrected chi connectivity index (χ4v) is 3.37. The van der Waals surface area contributed by atoms with Gasteiger partial charge in [0, 0.05) is 12.0 Å². The largest absolute Gasteiger partial charge is 0.353 e. The second-order valence-electron chi connectivity index (χ2n) is 6.58. The number of nitrogens with one attached hydrogen (secondary N) is 1. The van der Waals surface area contributed by atoms with E-state index in [2.05, 4.69) is 19.2 Å². The lowest BCUT2D eigenvalue weighted by Crippen LogP contribution is -2.31. The SMILES string of the molecule is CC1(C)C[C@@H]1C(=O)NC1CC12CCCC2. The Labute approximate surface area is 91.8 Å². The number of carbonyl (C=O) groups is 1. The molecule has 1 N–H and O–H groups in total. The summed E-state index contributed by atoms with van der Waals surface area (Å²) < 4.78 is 0. The first-order chi connectivity index (χ1) is 7.04. The van der Waals surface area contributed by atoms with Crippen molar-refractivity contribution < 1.29 is 4.79 Å². The highest BCUT2D eigenvalue weighted by Gasteiger charge is 2.58. The summed E-state index contributed by atoms with van der Waals surface area (Å²) in [6, 6.07) is 0.531. The molecule has 0 aromatic carbocycles. The lowest BCUT2D eigenvalue weighted by atomic mass is 10.0. The Bertz CT molecular complexity index is 302. The number of rotatable bonds is 2. The Morgan fingerprint density at radius 3 is 2.33 bits per heavy atom. The van der Waals surface area contributed by atoms with Crippen molar-refractivity contribution in [3.05, 3.63) is 0 Å². The van der Waals surface area contributed by atoms with Gasteiger partial charge in [0.05, 0.1) is 0 Å². The minimum Gasteiger partial charge on any atom is -0.353 e. The van der Waals surface area contributed by atoms with Gasteiger partial charge in [-0.3, -0.25) is 4.79 Å². The molecule has 3 saturated carbocycles. The van der Waals surface area contributed by atoms with Gasteiger partial charge in [-0.2, -0.15) is 0 Å². The van der Waals surface area contributed by atoms with Gasteiger partial charge in [-0.1, -0.05) is 26.7 Å². The summed E-state index contributed by atoms with van der Waals surface area (Å²) in [6.45, 7) is 4.38. The lowest BCUT2D eigenvalue weighted by Gasteiger charge is -2.10. The molecule has 3 aliphatic rings. The molecule has 0 aromatic heterocycles. The first kappa shape index (κ1) is 9.68. The molecule has 15 heavy (non-hydrogen) atoms. The summed E-state index contributed by atoms with van der Waals surface area (Å²) >= 11 is 0. The van der Waals surface area contributed by atoms with Crippen molar-refractivity contribution in [2.75, 3.05) is 0 Å². The molecule has 1 unspecified atom stereocenters. The monoisotopic (exact) mass is 207 g/mol. The Morgan fingerprint density at radius 1 is 1.20 bits per heavy atom. The zero-order valence-electron chi connectivity index (χ0n) is 9.81. The molecule has 2 heteroatoms. The van der Waals surface area contributed by atoms with Gasteiger partial charge in [-0.25, -0.2) is 0 Å². The highest BCUT2D eigenvalue weighted by Crippen LogP contribution is 2.58. The smallest absolute Gasteiger partial charge is 0.223 e. The van der Waals surface area contributed by atoms with Crippen LogP contribution in [0.4, 0.5) is 0 Å². The molecule has 0 aliphatic heterocycles. The van der Waals surface area contributed by atoms with Crippen molar-refractivity contribution in [2.45, 2.75) is 58.4 Å². The van der Waals surface area contributed by atoms with E-state index in [4.69, 9.17) is 0 Å². The van der Waals surface area contributed by atoms with Crippen LogP contribution in [-0.2, 0) is 4.79 Å². The summed E-state index contributed by atoms with van der Waals surface area (Å²) in [5, 5.41) is 3.27. The van der Waals surface area contributed by atoms with Gasteiger partial charge in [-0.05, 0) is 36.5 Å². The van der Waals surface area contributed by atoms with Crippen LogP contribution in [0, 0.1) is 16.7 Å². The first-order valence-corrected chi connectivity index (χ1v) is 6.34. The molecule has 0 aromatic rings. The van der Waals surface area contributed by atoms with Crippen LogP contribution in [0.3, 0.4) is 0 Å². The third-order valence-electron chi connectivity index (χ3n) is 4.94. The van der Waals surface area contributed by atoms with Crippen molar-refractivity contribution in [1.82, 2.24) is 5.32 Å². The van der Waals surface area contributed by atoms with Crippen molar-refractivity contribution >= 4 is 5.91 Å². The quantitative estimate of drug-likeness (QED) is 0.740. The second kappa shape index (κ2) is 2.78. The van der Waals surface area contributed by atoms with Crippen molar-refractivity contribution in [2.24, 2.45) is 16.7 Å². The maximum Gasteiger partial charge on any atom is 0.223 e. The highest BCUT2D eigenvalue weighted by molar-refractivity contribution is 5.83. The summed E-state index contributed by atoms with van der Waals surface area (Å²) in [5.74, 6) is 0.630. The molecule has 3 aliphatic carbocycles. The van der Waals surface area contributed by atoms with Crippen molar-refractivity contribution in [3.8, 4) is 0 Å². The molecule has 3 rings (SSSR count). The van der Waals surface area contributed by atoms with Crippen LogP contribution >= 0.6 is 0 Å². The van der Waals surface area contributed by atoms with Gasteiger partial charge in [-0.15, -0.1) is 0 Å². The van der Waals surface area contributed by atoms with Crippen molar-refractivity contribution in [1.29, 1.82) is 0 Å². The summed E-state index contributed by atoms with van der Waals surface area (Å²) in [4.78, 5) is 11.9. The molecule has 1 spiro atoms. The number of hydrogen-bond acceptors (Lipinski definition) is 1. The third kappa shape index (κ3) is 1.49. The van der Waals surface area contributed by atoms with Crippen LogP contribution < -0.4 is 5.32 Å². The van der Waals surface area contributed by atoms with E-state index < -0.39 is 0 Å². The Kier molecular flexibility index (Phi) is 1.79. The third-order valence-corrected chi connectivity index (χ3v) is 4.94. The zero-order valence-corrected chi connectivity index (χ0v) is 9.81. The van der Waals surface area contributed by atoms with Crippen LogP contribution in [0.25, 0.3) is 0 Å². The maximum atomic E-state index is 11.9. The Balaban J connectivity index is 1.53. The first-order valence-electron chi connectivity index (χ1n) is 6.34. The normalized spacial score (nSPS) is 39.1. The topological polar surface area (TPSA) is 29.1 Å². The van der Waals surface area contributed by atoms with E-state index in [0.717, 1.165) is 6.42 Å². The van der Waals surface area contributed by atoms with Crippen molar-refractivity contribution in [3.63, 3.8) is 0 Å². The molecule has 0 radical (unpaired) electrons. The predicted octanol–water partition coefficient (Wildman–Crippen LogP) is 2.48. The molecular weight excluding hydrogens is 186 g/mol. The molecule has 84 valence electrons. The molecule has 2 nitrogen and oxygen atoms in total. The average molecular weight is 207 g/mol. The van der Waals surface area contributed by atoms with Gasteiger partial charge < -0.3 is 5.32 Å². The van der Waals surface area contributed by atoms with E-state index in [1.807, 2.05) is 0 Å². The van der Waals surface area contributed by atoms with E-state index >= 15 is 0 Å². The fourth-order valence-electron chi connectivity index (χ4n) is 3.37. The van der Waals surface area contributed by atoms with Crippen LogP contribution in [-0.4, -0.2) is 11.9 Å². The second-order valence-corrected chi connectivity index (χ2v) is 6.58. The lowest BCUT2D eigenvalue weighted by molar-refractivity contribution is -0.123. The van der Waals surface area contributed by atoms with Crippen LogP contribution in [0.2, 0.25) is 0 Å². The minimum atomic E-state index is 0.280. The van der Waals surface area contributed by atoms with Gasteiger partial charge in [0.2, 0.25) is 5.91 Å². The average Bonchev–Trinajstić information content (AvgIpc) is 2.89. The fraction of sp³-hybridized carbons (Fsp3) is 0.923. The van der Waals surface area contributed by atoms with Gasteiger partial charge in [0.15, 0.2) is 0 Å². The summed E-state index contributed by atoms with van der Waals surface area (Å²) in [5.41, 5.74) is 0.830. The Hall–Kier alpha value is -0.530. The highest BCUT2D eigenvalue weighted by atomic mass is 16.2. The maximum absolute atomic E-state index is 11.9. The molecule has 1 amide bonds. The molecule has 0 saturated heterocycles. The van der Waals surface area contributed by atoms with Crippen LogP contribution in [0.5, 0.6) is 0 Å². The standard InChI is InChI=1S/C13H21NO/c1-12(2)7-9(12)11(15)14-10-8-13(10)5-3-4-6-13/h9-10H,3-8H2,1-2H3,(H,14,15)/t9-,10?/m1/s1. The van der Waals surface area contributed by atoms with Crippen LogP contribution in [0.15, 0.2) is 0 Å². The van der Waals surface area contributed by atoms with E-state index in [-0.39, 0.29) is 5.41 Å². The van der Waals surface area contributed by atoms with Crippen LogP contribution in [0.1, 0.15) is 52.4 Å². The van der Waals surface area contributed by atoms with E-state index in [9.17, 15) is 4.79 Å². The predicted molar refractivity (Wildman–Crippen MR) is 59.3 cm³/mol. The number of carbonyl (C=O) groups excluding carboxylic acids is 1. The molecule has 0 heterocycles. The van der Waals surface area contributed by atoms with E-state index in [1.54, 1.807) is 0 Å². The molecule has 0 bridgehead atoms. The molecule has 2 atom stereocenters. The zero-order chi connectivity index (χ0) is 10.7. The van der Waals surface area contributed by atoms with Gasteiger partial charge >= 0.3 is 0 Å². The minimum absolute atomic E-state index is 0.280. The Morgan fingerprint density at radius 2 is 1.80 bits per heavy atom. The summed E-state index contributed by atoms with van der Waals surface area (Å²) in [7, 11) is 0. The van der Waals surface area contributed by atoms with E-state index in [1.165, 1.54) is 32.1 Å². The van der Waals surface area contributed by atoms with E-state index in [0.29, 0.717) is 23.3 Å². The number of hydrogen-bond donors (Lipinski definition) is 1.